The van der Waals surface area contributed by atoms with Gasteiger partial charge in [-0.15, -0.1) is 0 Å². The van der Waals surface area contributed by atoms with Gasteiger partial charge in [-0.05, 0) is 41.6 Å². The molecule has 30 heavy (non-hydrogen) atoms. The van der Waals surface area contributed by atoms with E-state index in [9.17, 15) is 9.59 Å². The monoisotopic (exact) mass is 405 g/mol. The Labute approximate surface area is 179 Å². The molecule has 0 spiro atoms. The van der Waals surface area contributed by atoms with Crippen LogP contribution in [0.25, 0.3) is 22.1 Å². The first kappa shape index (κ1) is 26.3. The van der Waals surface area contributed by atoms with Crippen LogP contribution in [0.3, 0.4) is 0 Å². The third kappa shape index (κ3) is 9.02. The molecule has 2 aromatic carbocycles. The summed E-state index contributed by atoms with van der Waals surface area (Å²) in [6.07, 6.45) is 6.79. The lowest BCUT2D eigenvalue weighted by molar-refractivity contribution is -0.107. The van der Waals surface area contributed by atoms with Crippen LogP contribution >= 0.6 is 0 Å². The van der Waals surface area contributed by atoms with E-state index in [1.807, 2.05) is 57.2 Å². The minimum atomic E-state index is 0.355. The molecule has 3 rings (SSSR count). The van der Waals surface area contributed by atoms with E-state index in [1.165, 1.54) is 6.20 Å². The van der Waals surface area contributed by atoms with E-state index in [0.717, 1.165) is 34.0 Å². The molecular formula is C26H31NO3. The maximum absolute atomic E-state index is 10.6. The molecule has 0 bridgehead atoms. The van der Waals surface area contributed by atoms with Crippen LogP contribution in [0.4, 0.5) is 0 Å². The average Bonchev–Trinajstić information content (AvgIpc) is 3.30. The van der Waals surface area contributed by atoms with Gasteiger partial charge in [0.15, 0.2) is 12.0 Å². The first-order chi connectivity index (χ1) is 14.6. The summed E-state index contributed by atoms with van der Waals surface area (Å²) >= 11 is 0. The second kappa shape index (κ2) is 16.3. The van der Waals surface area contributed by atoms with Gasteiger partial charge in [0.25, 0.3) is 0 Å². The van der Waals surface area contributed by atoms with E-state index in [2.05, 4.69) is 25.3 Å². The van der Waals surface area contributed by atoms with Gasteiger partial charge < -0.3 is 14.9 Å². The fourth-order valence-corrected chi connectivity index (χ4v) is 2.19. The number of benzene rings is 2. The summed E-state index contributed by atoms with van der Waals surface area (Å²) in [5.41, 5.74) is 6.63. The quantitative estimate of drug-likeness (QED) is 0.377. The Kier molecular flexibility index (Phi) is 14.3. The van der Waals surface area contributed by atoms with Gasteiger partial charge in [0, 0.05) is 12.0 Å². The molecule has 1 aromatic heterocycles. The largest absolute Gasteiger partial charge is 0.453 e. The highest BCUT2D eigenvalue weighted by molar-refractivity contribution is 5.95. The van der Waals surface area contributed by atoms with Gasteiger partial charge in [-0.3, -0.25) is 4.79 Å². The lowest BCUT2D eigenvalue weighted by Crippen LogP contribution is -1.78. The number of furan rings is 1. The van der Waals surface area contributed by atoms with Crippen molar-refractivity contribution in [1.29, 1.82) is 0 Å². The number of hydrogen-bond acceptors (Lipinski definition) is 4. The Morgan fingerprint density at radius 1 is 1.03 bits per heavy atom. The number of hydrogen-bond donors (Lipinski definition) is 1. The molecule has 3 aromatic rings. The summed E-state index contributed by atoms with van der Waals surface area (Å²) < 4.78 is 5.46. The first-order valence-corrected chi connectivity index (χ1v) is 9.71. The molecule has 0 fully saturated rings. The number of aldehydes is 2. The first-order valence-electron chi connectivity index (χ1n) is 9.71. The van der Waals surface area contributed by atoms with E-state index >= 15 is 0 Å². The molecule has 0 amide bonds. The van der Waals surface area contributed by atoms with Crippen LogP contribution in [0.15, 0.2) is 96.1 Å². The summed E-state index contributed by atoms with van der Waals surface area (Å²) in [4.78, 5) is 20.3. The average molecular weight is 406 g/mol. The molecule has 0 radical (unpaired) electrons. The second-order valence-electron chi connectivity index (χ2n) is 5.61. The number of rotatable bonds is 5. The maximum atomic E-state index is 10.6. The van der Waals surface area contributed by atoms with Gasteiger partial charge in [0.05, 0.1) is 0 Å². The number of fused-ring (bicyclic) bond motifs is 1. The van der Waals surface area contributed by atoms with Crippen LogP contribution in [0, 0.1) is 0 Å². The summed E-state index contributed by atoms with van der Waals surface area (Å²) in [5.74, 6) is 1.08. The van der Waals surface area contributed by atoms with Gasteiger partial charge in [0.2, 0.25) is 0 Å². The van der Waals surface area contributed by atoms with E-state index in [1.54, 1.807) is 18.2 Å². The van der Waals surface area contributed by atoms with Crippen molar-refractivity contribution in [2.75, 3.05) is 0 Å². The standard InChI is InChI=1S/C15H10O2.C6H8O.C3H7N.C2H6/c16-10-12-8-9-15(17-12)14-7-3-5-11-4-1-2-6-13(11)14;1-3-6(2)4-5-7;1-2-3-4;1-2/h1-10H;3,5H,1-2,4H2;2-3H,4H2,1H3;1-2H3/b;;3-2+;. The van der Waals surface area contributed by atoms with E-state index in [4.69, 9.17) is 10.2 Å². The van der Waals surface area contributed by atoms with Crippen LogP contribution in [-0.4, -0.2) is 12.6 Å². The minimum Gasteiger partial charge on any atom is -0.453 e. The van der Waals surface area contributed by atoms with Crippen molar-refractivity contribution in [2.24, 2.45) is 5.73 Å². The zero-order valence-electron chi connectivity index (χ0n) is 18.0. The molecule has 4 nitrogen and oxygen atoms in total. The number of carbonyl (C=O) groups is 2. The molecule has 2 N–H and O–H groups in total. The highest BCUT2D eigenvalue weighted by atomic mass is 16.3. The normalized spacial score (nSPS) is 9.17. The topological polar surface area (TPSA) is 73.3 Å². The third-order valence-electron chi connectivity index (χ3n) is 3.62. The number of allylic oxidation sites excluding steroid dienone is 3. The molecule has 0 unspecified atom stereocenters. The molecule has 0 aliphatic carbocycles. The van der Waals surface area contributed by atoms with Crippen molar-refractivity contribution in [2.45, 2.75) is 27.2 Å². The Hall–Kier alpha value is -3.66. The Bertz CT molecular complexity index is 942. The molecule has 0 saturated carbocycles. The Balaban J connectivity index is 0.000000543. The van der Waals surface area contributed by atoms with Gasteiger partial charge >= 0.3 is 0 Å². The Morgan fingerprint density at radius 2 is 1.67 bits per heavy atom. The molecule has 0 atom stereocenters. The molecule has 0 aliphatic heterocycles. The molecule has 0 saturated heterocycles. The van der Waals surface area contributed by atoms with Crippen LogP contribution in [0.2, 0.25) is 0 Å². The van der Waals surface area contributed by atoms with Crippen LogP contribution in [0.1, 0.15) is 37.7 Å². The molecule has 1 heterocycles. The van der Waals surface area contributed by atoms with Gasteiger partial charge in [-0.2, -0.15) is 0 Å². The fourth-order valence-electron chi connectivity index (χ4n) is 2.19. The lowest BCUT2D eigenvalue weighted by Gasteiger charge is -2.03. The summed E-state index contributed by atoms with van der Waals surface area (Å²) in [6, 6.07) is 17.7. The van der Waals surface area contributed by atoms with E-state index in [-0.39, 0.29) is 0 Å². The fraction of sp³-hybridized carbons (Fsp3) is 0.154. The van der Waals surface area contributed by atoms with Gasteiger partial charge in [-0.1, -0.05) is 81.6 Å². The summed E-state index contributed by atoms with van der Waals surface area (Å²) in [5, 5.41) is 2.29. The zero-order chi connectivity index (χ0) is 22.8. The van der Waals surface area contributed by atoms with Crippen LogP contribution in [0.5, 0.6) is 0 Å². The van der Waals surface area contributed by atoms with Crippen molar-refractivity contribution in [3.05, 3.63) is 97.4 Å². The third-order valence-corrected chi connectivity index (χ3v) is 3.62. The maximum Gasteiger partial charge on any atom is 0.185 e. The molecule has 0 aliphatic rings. The lowest BCUT2D eigenvalue weighted by atomic mass is 10.0. The highest BCUT2D eigenvalue weighted by Gasteiger charge is 2.07. The molecule has 4 heteroatoms. The van der Waals surface area contributed by atoms with Gasteiger partial charge in [0.1, 0.15) is 12.0 Å². The van der Waals surface area contributed by atoms with Crippen molar-refractivity contribution in [1.82, 2.24) is 0 Å². The molecular weight excluding hydrogens is 374 g/mol. The smallest absolute Gasteiger partial charge is 0.185 e. The van der Waals surface area contributed by atoms with Crippen molar-refractivity contribution in [3.8, 4) is 11.3 Å². The highest BCUT2D eigenvalue weighted by Crippen LogP contribution is 2.29. The zero-order valence-corrected chi connectivity index (χ0v) is 18.0. The number of carbonyl (C=O) groups excluding carboxylic acids is 2. The van der Waals surface area contributed by atoms with Crippen molar-refractivity contribution >= 4 is 23.3 Å². The van der Waals surface area contributed by atoms with Crippen LogP contribution < -0.4 is 5.73 Å². The predicted molar refractivity (Wildman–Crippen MR) is 127 cm³/mol. The van der Waals surface area contributed by atoms with Crippen LogP contribution in [-0.2, 0) is 4.79 Å². The predicted octanol–water partition coefficient (Wildman–Crippen LogP) is 6.73. The summed E-state index contributed by atoms with van der Waals surface area (Å²) in [7, 11) is 0. The van der Waals surface area contributed by atoms with Gasteiger partial charge in [-0.25, -0.2) is 0 Å². The summed E-state index contributed by atoms with van der Waals surface area (Å²) in [6.45, 7) is 12.8. The number of nitrogens with two attached hydrogens (primary N) is 1. The van der Waals surface area contributed by atoms with Crippen molar-refractivity contribution in [3.63, 3.8) is 0 Å². The van der Waals surface area contributed by atoms with Crippen molar-refractivity contribution < 1.29 is 14.0 Å². The second-order valence-corrected chi connectivity index (χ2v) is 5.61. The molecule has 158 valence electrons. The minimum absolute atomic E-state index is 0.355. The SMILES string of the molecule is C/C=C/N.C=CC(=C)CC=O.CC.O=Cc1ccc(-c2cccc3ccccc23)o1. The van der Waals surface area contributed by atoms with E-state index in [0.29, 0.717) is 18.5 Å². The Morgan fingerprint density at radius 3 is 2.17 bits per heavy atom. The van der Waals surface area contributed by atoms with E-state index < -0.39 is 0 Å².